The fraction of sp³-hybridized carbons (Fsp3) is 0.429. The number of rotatable bonds is 5. The number of nitrogens with one attached hydrogen (secondary N) is 1. The van der Waals surface area contributed by atoms with E-state index in [0.717, 1.165) is 65.4 Å². The lowest BCUT2D eigenvalue weighted by Gasteiger charge is -2.32. The van der Waals surface area contributed by atoms with Gasteiger partial charge >= 0.3 is 6.09 Å². The summed E-state index contributed by atoms with van der Waals surface area (Å²) in [5, 5.41) is 8.56. The van der Waals surface area contributed by atoms with Crippen molar-refractivity contribution in [3.05, 3.63) is 48.2 Å². The summed E-state index contributed by atoms with van der Waals surface area (Å²) < 4.78 is 15.3. The van der Waals surface area contributed by atoms with Crippen LogP contribution in [-0.2, 0) is 4.74 Å². The highest BCUT2D eigenvalue weighted by Crippen LogP contribution is 2.36. The van der Waals surface area contributed by atoms with E-state index < -0.39 is 11.7 Å². The topological polar surface area (TPSA) is 103 Å². The minimum Gasteiger partial charge on any atom is -0.491 e. The highest BCUT2D eigenvalue weighted by Gasteiger charge is 2.29. The van der Waals surface area contributed by atoms with Crippen molar-refractivity contribution in [3.63, 3.8) is 0 Å². The van der Waals surface area contributed by atoms with E-state index >= 15 is 0 Å². The van der Waals surface area contributed by atoms with Gasteiger partial charge in [-0.3, -0.25) is 4.57 Å². The molecular weight excluding hydrogens is 528 g/mol. The molecular formula is C28H34N8O3S. The van der Waals surface area contributed by atoms with E-state index in [4.69, 9.17) is 24.5 Å². The molecule has 1 fully saturated rings. The number of imidazole rings is 1. The van der Waals surface area contributed by atoms with Crippen molar-refractivity contribution >= 4 is 34.8 Å². The third-order valence-electron chi connectivity index (χ3n) is 7.01. The maximum Gasteiger partial charge on any atom is 0.408 e. The number of benzene rings is 1. The van der Waals surface area contributed by atoms with Gasteiger partial charge in [0.1, 0.15) is 23.5 Å². The first-order valence-electron chi connectivity index (χ1n) is 13.4. The maximum atomic E-state index is 12.3. The number of aromatic nitrogens is 5. The molecule has 2 aliphatic heterocycles. The molecule has 5 heterocycles. The van der Waals surface area contributed by atoms with Crippen LogP contribution in [0.5, 0.6) is 5.75 Å². The van der Waals surface area contributed by atoms with Crippen molar-refractivity contribution < 1.29 is 14.3 Å². The fourth-order valence-electron chi connectivity index (χ4n) is 4.98. The molecule has 6 rings (SSSR count). The highest BCUT2D eigenvalue weighted by atomic mass is 32.2. The molecule has 1 N–H and O–H groups in total. The fourth-order valence-corrected chi connectivity index (χ4v) is 5.54. The second-order valence-electron chi connectivity index (χ2n) is 11.1. The molecule has 2 aliphatic rings. The van der Waals surface area contributed by atoms with Crippen molar-refractivity contribution in [2.45, 2.75) is 37.6 Å². The molecule has 0 unspecified atom stereocenters. The summed E-state index contributed by atoms with van der Waals surface area (Å²) >= 11 is 1.55. The Balaban J connectivity index is 1.29. The van der Waals surface area contributed by atoms with Crippen molar-refractivity contribution in [2.75, 3.05) is 51.0 Å². The standard InChI is InChI=1S/C28H34N8O3S/c1-28(2,3)39-27(37)30-21-17-38-22-16-18(6-7-19(21)22)36-25-20(29-26(36)40-5)8-9-23(31-25)35-11-10-24(32-35)34-14-12-33(4)13-15-34/h6-11,16,21H,12-15,17H2,1-5H3,(H,30,37)/t21-/m0/s1. The molecule has 1 atom stereocenters. The highest BCUT2D eigenvalue weighted by molar-refractivity contribution is 7.98. The Hall–Kier alpha value is -3.77. The van der Waals surface area contributed by atoms with Gasteiger partial charge in [0.05, 0.1) is 11.7 Å². The van der Waals surface area contributed by atoms with Gasteiger partial charge in [-0.2, -0.15) is 0 Å². The normalized spacial score (nSPS) is 17.6. The summed E-state index contributed by atoms with van der Waals surface area (Å²) in [5.74, 6) is 2.40. The van der Waals surface area contributed by atoms with Crippen molar-refractivity contribution in [1.29, 1.82) is 0 Å². The van der Waals surface area contributed by atoms with Gasteiger partial charge in [0.15, 0.2) is 22.4 Å². The number of piperazine rings is 1. The number of anilines is 1. The molecule has 12 heteroatoms. The molecule has 11 nitrogen and oxygen atoms in total. The summed E-state index contributed by atoms with van der Waals surface area (Å²) in [6, 6.07) is 11.7. The number of amides is 1. The van der Waals surface area contributed by atoms with Gasteiger partial charge in [0.25, 0.3) is 0 Å². The Morgan fingerprint density at radius 1 is 1.07 bits per heavy atom. The number of alkyl carbamates (subject to hydrolysis) is 1. The van der Waals surface area contributed by atoms with Crippen LogP contribution in [0.15, 0.2) is 47.8 Å². The van der Waals surface area contributed by atoms with Crippen LogP contribution in [0.1, 0.15) is 32.4 Å². The molecule has 0 saturated carbocycles. The van der Waals surface area contributed by atoms with Crippen LogP contribution in [0.2, 0.25) is 0 Å². The van der Waals surface area contributed by atoms with E-state index in [9.17, 15) is 4.79 Å². The van der Waals surface area contributed by atoms with Gasteiger partial charge in [-0.1, -0.05) is 17.8 Å². The largest absolute Gasteiger partial charge is 0.491 e. The lowest BCUT2D eigenvalue weighted by Crippen LogP contribution is -2.44. The van der Waals surface area contributed by atoms with Crippen molar-refractivity contribution in [2.24, 2.45) is 0 Å². The number of hydrogen-bond acceptors (Lipinski definition) is 9. The second kappa shape index (κ2) is 10.3. The lowest BCUT2D eigenvalue weighted by molar-refractivity contribution is 0.0497. The second-order valence-corrected chi connectivity index (χ2v) is 11.9. The van der Waals surface area contributed by atoms with E-state index in [-0.39, 0.29) is 6.04 Å². The van der Waals surface area contributed by atoms with Gasteiger partial charge in [-0.05, 0) is 52.3 Å². The molecule has 40 heavy (non-hydrogen) atoms. The van der Waals surface area contributed by atoms with E-state index in [2.05, 4.69) is 22.2 Å². The average molecular weight is 563 g/mol. The average Bonchev–Trinajstić information content (AvgIpc) is 3.64. The van der Waals surface area contributed by atoms with Crippen LogP contribution in [-0.4, -0.2) is 87.0 Å². The summed E-state index contributed by atoms with van der Waals surface area (Å²) in [7, 11) is 2.15. The maximum absolute atomic E-state index is 12.3. The van der Waals surface area contributed by atoms with E-state index in [1.807, 2.05) is 78.9 Å². The van der Waals surface area contributed by atoms with Gasteiger partial charge in [0, 0.05) is 50.1 Å². The number of likely N-dealkylation sites (N-methyl/N-ethyl adjacent to an activating group) is 1. The first-order chi connectivity index (χ1) is 19.2. The number of pyridine rings is 1. The van der Waals surface area contributed by atoms with Crippen molar-refractivity contribution in [1.82, 2.24) is 34.5 Å². The monoisotopic (exact) mass is 562 g/mol. The number of ether oxygens (including phenoxy) is 2. The third-order valence-corrected chi connectivity index (χ3v) is 7.64. The van der Waals surface area contributed by atoms with Crippen LogP contribution in [0.3, 0.4) is 0 Å². The molecule has 210 valence electrons. The van der Waals surface area contributed by atoms with E-state index in [1.165, 1.54) is 0 Å². The van der Waals surface area contributed by atoms with Gasteiger partial charge in [0.2, 0.25) is 0 Å². The minimum atomic E-state index is -0.568. The Kier molecular flexibility index (Phi) is 6.83. The molecule has 1 saturated heterocycles. The number of nitrogens with zero attached hydrogens (tertiary/aromatic N) is 7. The van der Waals surface area contributed by atoms with Crippen LogP contribution in [0, 0.1) is 0 Å². The minimum absolute atomic E-state index is 0.280. The zero-order chi connectivity index (χ0) is 28.0. The van der Waals surface area contributed by atoms with E-state index in [0.29, 0.717) is 12.4 Å². The Labute approximate surface area is 237 Å². The van der Waals surface area contributed by atoms with Gasteiger partial charge in [-0.25, -0.2) is 19.4 Å². The Morgan fingerprint density at radius 3 is 2.62 bits per heavy atom. The van der Waals surface area contributed by atoms with Crippen LogP contribution < -0.4 is 15.0 Å². The zero-order valence-electron chi connectivity index (χ0n) is 23.4. The quantitative estimate of drug-likeness (QED) is 0.361. The summed E-state index contributed by atoms with van der Waals surface area (Å²) in [4.78, 5) is 26.8. The SMILES string of the molecule is CSc1nc2ccc(-n3ccc(N4CCN(C)CC4)n3)nc2n1-c1ccc2c(c1)OC[C@@H]2NC(=O)OC(C)(C)C. The summed E-state index contributed by atoms with van der Waals surface area (Å²) in [6.07, 6.45) is 3.49. The van der Waals surface area contributed by atoms with Crippen LogP contribution >= 0.6 is 11.8 Å². The molecule has 0 bridgehead atoms. The van der Waals surface area contributed by atoms with Gasteiger partial charge in [-0.15, -0.1) is 5.10 Å². The summed E-state index contributed by atoms with van der Waals surface area (Å²) in [5.41, 5.74) is 2.75. The number of thioether (sulfide) groups is 1. The molecule has 0 aliphatic carbocycles. The summed E-state index contributed by atoms with van der Waals surface area (Å²) in [6.45, 7) is 9.83. The molecule has 0 radical (unpaired) electrons. The predicted molar refractivity (Wildman–Crippen MR) is 155 cm³/mol. The number of fused-ring (bicyclic) bond motifs is 2. The van der Waals surface area contributed by atoms with Crippen LogP contribution in [0.4, 0.5) is 10.6 Å². The molecule has 3 aromatic heterocycles. The molecule has 1 amide bonds. The molecule has 1 aromatic carbocycles. The lowest BCUT2D eigenvalue weighted by atomic mass is 10.1. The Bertz CT molecular complexity index is 1550. The Morgan fingerprint density at radius 2 is 1.88 bits per heavy atom. The molecule has 4 aromatic rings. The number of hydrogen-bond donors (Lipinski definition) is 1. The number of carbonyl (C=O) groups excluding carboxylic acids is 1. The van der Waals surface area contributed by atoms with E-state index in [1.54, 1.807) is 11.8 Å². The zero-order valence-corrected chi connectivity index (χ0v) is 24.2. The first kappa shape index (κ1) is 26.5. The molecule has 0 spiro atoms. The number of carbonyl (C=O) groups is 1. The third kappa shape index (κ3) is 5.20. The van der Waals surface area contributed by atoms with Gasteiger partial charge < -0.3 is 24.6 Å². The van der Waals surface area contributed by atoms with Crippen LogP contribution in [0.25, 0.3) is 22.7 Å². The first-order valence-corrected chi connectivity index (χ1v) is 14.6. The van der Waals surface area contributed by atoms with Crippen molar-refractivity contribution in [3.8, 4) is 17.3 Å². The smallest absolute Gasteiger partial charge is 0.408 e. The predicted octanol–water partition coefficient (Wildman–Crippen LogP) is 4.04.